The molecule has 84 valence electrons. The quantitative estimate of drug-likeness (QED) is 0.841. The fourth-order valence-corrected chi connectivity index (χ4v) is 1.60. The number of nitrogens with zero attached hydrogens (tertiary/aromatic N) is 1. The molecule has 6 heteroatoms. The van der Waals surface area contributed by atoms with Crippen LogP contribution in [0.4, 0.5) is 0 Å². The Morgan fingerprint density at radius 3 is 2.94 bits per heavy atom. The van der Waals surface area contributed by atoms with Gasteiger partial charge in [0.1, 0.15) is 5.52 Å². The van der Waals surface area contributed by atoms with Gasteiger partial charge in [0, 0.05) is 0 Å². The highest BCUT2D eigenvalue weighted by atomic mass is 79.9. The van der Waals surface area contributed by atoms with E-state index in [0.717, 1.165) is 0 Å². The molecule has 0 aliphatic carbocycles. The molecule has 1 unspecified atom stereocenters. The number of fused-ring (bicyclic) bond motifs is 1. The lowest BCUT2D eigenvalue weighted by Gasteiger charge is -2.03. The van der Waals surface area contributed by atoms with Crippen LogP contribution in [-0.2, 0) is 10.1 Å². The van der Waals surface area contributed by atoms with Gasteiger partial charge in [-0.3, -0.25) is 0 Å². The molecular formula is C10H8BrNO4. The van der Waals surface area contributed by atoms with Crippen LogP contribution < -0.4 is 0 Å². The molecule has 0 fully saturated rings. The van der Waals surface area contributed by atoms with Crippen molar-refractivity contribution in [3.05, 3.63) is 29.7 Å². The lowest BCUT2D eigenvalue weighted by atomic mass is 10.1. The topological polar surface area (TPSA) is 83.6 Å². The second kappa shape index (κ2) is 4.23. The molecular weight excluding hydrogens is 278 g/mol. The number of aromatic nitrogens is 1. The third kappa shape index (κ3) is 1.94. The van der Waals surface area contributed by atoms with Crippen molar-refractivity contribution >= 4 is 33.0 Å². The summed E-state index contributed by atoms with van der Waals surface area (Å²) in [6.07, 6.45) is -1.53. The minimum atomic E-state index is -1.53. The average Bonchev–Trinajstić information content (AvgIpc) is 2.69. The zero-order chi connectivity index (χ0) is 11.7. The number of carboxylic acids is 1. The molecule has 0 saturated heterocycles. The maximum Gasteiger partial charge on any atom is 0.337 e. The Labute approximate surface area is 98.8 Å². The Balaban J connectivity index is 2.46. The number of carbonyl (C=O) groups is 1. The van der Waals surface area contributed by atoms with Gasteiger partial charge < -0.3 is 14.6 Å². The van der Waals surface area contributed by atoms with E-state index in [9.17, 15) is 9.90 Å². The van der Waals surface area contributed by atoms with Gasteiger partial charge in [0.05, 0.1) is 5.33 Å². The van der Waals surface area contributed by atoms with E-state index in [4.69, 9.17) is 9.52 Å². The number of aliphatic carboxylic acids is 1. The summed E-state index contributed by atoms with van der Waals surface area (Å²) in [5.41, 5.74) is 1.39. The molecule has 0 aliphatic heterocycles. The van der Waals surface area contributed by atoms with Crippen molar-refractivity contribution in [2.75, 3.05) is 0 Å². The molecule has 1 aromatic carbocycles. The Bertz CT molecular complexity index is 537. The summed E-state index contributed by atoms with van der Waals surface area (Å²) >= 11 is 3.21. The van der Waals surface area contributed by atoms with Gasteiger partial charge in [0.15, 0.2) is 11.7 Å². The van der Waals surface area contributed by atoms with Gasteiger partial charge >= 0.3 is 5.97 Å². The Kier molecular flexibility index (Phi) is 2.93. The summed E-state index contributed by atoms with van der Waals surface area (Å²) in [6.45, 7) is 0. The van der Waals surface area contributed by atoms with Gasteiger partial charge in [-0.2, -0.15) is 0 Å². The molecule has 2 N–H and O–H groups in total. The molecule has 0 amide bonds. The smallest absolute Gasteiger partial charge is 0.337 e. The standard InChI is InChI=1S/C10H8BrNO4/c11-4-8-12-6-3-5(9(13)10(14)15)1-2-7(6)16-8/h1-3,9,13H,4H2,(H,14,15). The average molecular weight is 286 g/mol. The Hall–Kier alpha value is -1.40. The highest BCUT2D eigenvalue weighted by Gasteiger charge is 2.17. The largest absolute Gasteiger partial charge is 0.479 e. The van der Waals surface area contributed by atoms with Crippen LogP contribution in [0.15, 0.2) is 22.6 Å². The van der Waals surface area contributed by atoms with E-state index in [1.54, 1.807) is 6.07 Å². The molecule has 2 rings (SSSR count). The van der Waals surface area contributed by atoms with Gasteiger partial charge in [0.25, 0.3) is 0 Å². The number of aliphatic hydroxyl groups excluding tert-OH is 1. The van der Waals surface area contributed by atoms with Crippen LogP contribution in [0.1, 0.15) is 17.6 Å². The van der Waals surface area contributed by atoms with Crippen LogP contribution in [0.25, 0.3) is 11.1 Å². The van der Waals surface area contributed by atoms with Crippen molar-refractivity contribution in [3.63, 3.8) is 0 Å². The maximum atomic E-state index is 10.6. The monoisotopic (exact) mass is 285 g/mol. The van der Waals surface area contributed by atoms with Crippen LogP contribution in [-0.4, -0.2) is 21.2 Å². The van der Waals surface area contributed by atoms with Crippen LogP contribution >= 0.6 is 15.9 Å². The van der Waals surface area contributed by atoms with E-state index in [1.165, 1.54) is 12.1 Å². The molecule has 0 spiro atoms. The van der Waals surface area contributed by atoms with Crippen LogP contribution in [0.3, 0.4) is 0 Å². The van der Waals surface area contributed by atoms with Gasteiger partial charge in [-0.15, -0.1) is 0 Å². The molecule has 1 aromatic heterocycles. The first-order valence-corrected chi connectivity index (χ1v) is 5.60. The van der Waals surface area contributed by atoms with E-state index < -0.39 is 12.1 Å². The zero-order valence-corrected chi connectivity index (χ0v) is 9.64. The zero-order valence-electron chi connectivity index (χ0n) is 8.05. The number of hydrogen-bond acceptors (Lipinski definition) is 4. The van der Waals surface area contributed by atoms with Crippen molar-refractivity contribution in [3.8, 4) is 0 Å². The Morgan fingerprint density at radius 1 is 1.56 bits per heavy atom. The van der Waals surface area contributed by atoms with E-state index in [2.05, 4.69) is 20.9 Å². The Morgan fingerprint density at radius 2 is 2.31 bits per heavy atom. The molecule has 1 atom stereocenters. The number of hydrogen-bond donors (Lipinski definition) is 2. The minimum absolute atomic E-state index is 0.287. The second-order valence-electron chi connectivity index (χ2n) is 3.21. The van der Waals surface area contributed by atoms with E-state index >= 15 is 0 Å². The van der Waals surface area contributed by atoms with Gasteiger partial charge in [0.2, 0.25) is 5.89 Å². The van der Waals surface area contributed by atoms with Crippen molar-refractivity contribution in [2.24, 2.45) is 0 Å². The summed E-state index contributed by atoms with van der Waals surface area (Å²) in [6, 6.07) is 4.60. The highest BCUT2D eigenvalue weighted by molar-refractivity contribution is 9.08. The van der Waals surface area contributed by atoms with Crippen molar-refractivity contribution in [1.82, 2.24) is 4.98 Å². The lowest BCUT2D eigenvalue weighted by Crippen LogP contribution is -2.10. The van der Waals surface area contributed by atoms with Crippen LogP contribution in [0.2, 0.25) is 0 Å². The summed E-state index contributed by atoms with van der Waals surface area (Å²) < 4.78 is 5.33. The highest BCUT2D eigenvalue weighted by Crippen LogP contribution is 2.22. The van der Waals surface area contributed by atoms with Gasteiger partial charge in [-0.05, 0) is 17.7 Å². The van der Waals surface area contributed by atoms with E-state index in [0.29, 0.717) is 22.3 Å². The second-order valence-corrected chi connectivity index (χ2v) is 3.77. The van der Waals surface area contributed by atoms with Gasteiger partial charge in [-0.1, -0.05) is 22.0 Å². The number of rotatable bonds is 3. The molecule has 0 aliphatic rings. The number of aliphatic hydroxyl groups is 1. The first kappa shape index (κ1) is 11.1. The summed E-state index contributed by atoms with van der Waals surface area (Å²) in [7, 11) is 0. The van der Waals surface area contributed by atoms with E-state index in [1.807, 2.05) is 0 Å². The van der Waals surface area contributed by atoms with Crippen LogP contribution in [0, 0.1) is 0 Å². The number of carboxylic acid groups (broad SMARTS) is 1. The molecule has 0 bridgehead atoms. The fourth-order valence-electron chi connectivity index (χ4n) is 1.36. The molecule has 0 radical (unpaired) electrons. The molecule has 0 saturated carbocycles. The maximum absolute atomic E-state index is 10.6. The first-order chi connectivity index (χ1) is 7.61. The van der Waals surface area contributed by atoms with Gasteiger partial charge in [-0.25, -0.2) is 9.78 Å². The lowest BCUT2D eigenvalue weighted by molar-refractivity contribution is -0.146. The van der Waals surface area contributed by atoms with Crippen LogP contribution in [0.5, 0.6) is 0 Å². The minimum Gasteiger partial charge on any atom is -0.479 e. The third-order valence-corrected chi connectivity index (χ3v) is 2.60. The third-order valence-electron chi connectivity index (χ3n) is 2.12. The number of halogens is 1. The molecule has 16 heavy (non-hydrogen) atoms. The number of oxazole rings is 1. The fraction of sp³-hybridized carbons (Fsp3) is 0.200. The summed E-state index contributed by atoms with van der Waals surface area (Å²) in [4.78, 5) is 14.7. The molecule has 5 nitrogen and oxygen atoms in total. The van der Waals surface area contributed by atoms with Crippen molar-refractivity contribution in [1.29, 1.82) is 0 Å². The summed E-state index contributed by atoms with van der Waals surface area (Å²) in [5.74, 6) is -0.777. The summed E-state index contributed by atoms with van der Waals surface area (Å²) in [5, 5.41) is 18.5. The normalized spacial score (nSPS) is 12.9. The number of benzene rings is 1. The molecule has 2 aromatic rings. The predicted molar refractivity (Wildman–Crippen MR) is 59.2 cm³/mol. The number of alkyl halides is 1. The van der Waals surface area contributed by atoms with Crippen molar-refractivity contribution < 1.29 is 19.4 Å². The predicted octanol–water partition coefficient (Wildman–Crippen LogP) is 1.84. The van der Waals surface area contributed by atoms with Crippen molar-refractivity contribution in [2.45, 2.75) is 11.4 Å². The first-order valence-electron chi connectivity index (χ1n) is 4.48. The SMILES string of the molecule is O=C(O)C(O)c1ccc2oc(CBr)nc2c1. The molecule has 1 heterocycles. The van der Waals surface area contributed by atoms with E-state index in [-0.39, 0.29) is 5.56 Å².